The molecule has 0 aliphatic heterocycles. The fraction of sp³-hybridized carbons (Fsp3) is 0. The van der Waals surface area contributed by atoms with Gasteiger partial charge in [-0.25, -0.2) is 0 Å². The molecule has 4 rings (SSSR count). The predicted molar refractivity (Wildman–Crippen MR) is 105 cm³/mol. The molecule has 5 heteroatoms. The number of amides is 1. The van der Waals surface area contributed by atoms with Crippen molar-refractivity contribution in [3.05, 3.63) is 75.9 Å². The van der Waals surface area contributed by atoms with Crippen molar-refractivity contribution in [2.24, 2.45) is 0 Å². The maximum absolute atomic E-state index is 12.7. The highest BCUT2D eigenvalue weighted by Crippen LogP contribution is 2.37. The average Bonchev–Trinajstić information content (AvgIpc) is 3.24. The van der Waals surface area contributed by atoms with Crippen molar-refractivity contribution in [3.63, 3.8) is 0 Å². The SMILES string of the molecule is O=C(Nc1ccccc1-c1cccs1)c1sc2ccccc2c1Cl. The third-order valence-corrected chi connectivity index (χ3v) is 6.28. The number of anilines is 1. The summed E-state index contributed by atoms with van der Waals surface area (Å²) in [6.07, 6.45) is 0. The minimum absolute atomic E-state index is 0.176. The van der Waals surface area contributed by atoms with E-state index in [2.05, 4.69) is 5.32 Å². The Morgan fingerprint density at radius 3 is 2.54 bits per heavy atom. The zero-order valence-electron chi connectivity index (χ0n) is 12.5. The number of carbonyl (C=O) groups is 1. The van der Waals surface area contributed by atoms with E-state index in [0.29, 0.717) is 9.90 Å². The first kappa shape index (κ1) is 15.4. The van der Waals surface area contributed by atoms with E-state index in [1.165, 1.54) is 11.3 Å². The Morgan fingerprint density at radius 1 is 0.958 bits per heavy atom. The van der Waals surface area contributed by atoms with Crippen LogP contribution in [0.15, 0.2) is 66.0 Å². The molecule has 0 unspecified atom stereocenters. The van der Waals surface area contributed by atoms with Crippen molar-refractivity contribution >= 4 is 56.0 Å². The third kappa shape index (κ3) is 2.73. The van der Waals surface area contributed by atoms with Crippen LogP contribution in [0.5, 0.6) is 0 Å². The van der Waals surface area contributed by atoms with Gasteiger partial charge in [0, 0.05) is 26.2 Å². The molecule has 2 nitrogen and oxygen atoms in total. The lowest BCUT2D eigenvalue weighted by atomic mass is 10.1. The van der Waals surface area contributed by atoms with Crippen LogP contribution in [0.1, 0.15) is 9.67 Å². The smallest absolute Gasteiger partial charge is 0.267 e. The molecule has 2 heterocycles. The standard InChI is InChI=1S/C19H12ClNOS2/c20-17-13-7-2-4-9-16(13)24-18(17)19(22)21-14-8-3-1-6-12(14)15-10-5-11-23-15/h1-11H,(H,21,22). The maximum Gasteiger partial charge on any atom is 0.267 e. The van der Waals surface area contributed by atoms with E-state index in [1.54, 1.807) is 11.3 Å². The van der Waals surface area contributed by atoms with Crippen molar-refractivity contribution in [2.45, 2.75) is 0 Å². The van der Waals surface area contributed by atoms with Crippen LogP contribution in [0.2, 0.25) is 5.02 Å². The van der Waals surface area contributed by atoms with Crippen LogP contribution in [-0.2, 0) is 0 Å². The summed E-state index contributed by atoms with van der Waals surface area (Å²) in [5, 5.41) is 6.47. The molecule has 4 aromatic rings. The second kappa shape index (κ2) is 6.40. The van der Waals surface area contributed by atoms with Gasteiger partial charge in [0.05, 0.1) is 5.02 Å². The Kier molecular flexibility index (Phi) is 4.10. The van der Waals surface area contributed by atoms with Crippen molar-refractivity contribution in [1.29, 1.82) is 0 Å². The van der Waals surface area contributed by atoms with Crippen LogP contribution in [0, 0.1) is 0 Å². The van der Waals surface area contributed by atoms with Crippen molar-refractivity contribution in [2.75, 3.05) is 5.32 Å². The number of nitrogens with one attached hydrogen (secondary N) is 1. The highest BCUT2D eigenvalue weighted by Gasteiger charge is 2.18. The number of thiophene rings is 2. The van der Waals surface area contributed by atoms with Gasteiger partial charge in [0.25, 0.3) is 5.91 Å². The quantitative estimate of drug-likeness (QED) is 0.436. The van der Waals surface area contributed by atoms with Crippen molar-refractivity contribution in [3.8, 4) is 10.4 Å². The number of hydrogen-bond donors (Lipinski definition) is 1. The van der Waals surface area contributed by atoms with Gasteiger partial charge in [0.2, 0.25) is 0 Å². The number of fused-ring (bicyclic) bond motifs is 1. The fourth-order valence-corrected chi connectivity index (χ4v) is 4.76. The van der Waals surface area contributed by atoms with Gasteiger partial charge in [0.15, 0.2) is 0 Å². The number of rotatable bonds is 3. The van der Waals surface area contributed by atoms with Gasteiger partial charge in [-0.3, -0.25) is 4.79 Å². The number of halogens is 1. The summed E-state index contributed by atoms with van der Waals surface area (Å²) >= 11 is 9.47. The molecule has 0 saturated carbocycles. The molecule has 24 heavy (non-hydrogen) atoms. The number of benzene rings is 2. The van der Waals surface area contributed by atoms with Gasteiger partial charge in [-0.2, -0.15) is 0 Å². The molecule has 0 bridgehead atoms. The molecule has 2 aromatic carbocycles. The lowest BCUT2D eigenvalue weighted by Crippen LogP contribution is -2.11. The molecular formula is C19H12ClNOS2. The van der Waals surface area contributed by atoms with E-state index in [9.17, 15) is 4.79 Å². The van der Waals surface area contributed by atoms with Crippen molar-refractivity contribution in [1.82, 2.24) is 0 Å². The second-order valence-electron chi connectivity index (χ2n) is 5.22. The van der Waals surface area contributed by atoms with E-state index in [0.717, 1.165) is 26.2 Å². The highest BCUT2D eigenvalue weighted by atomic mass is 35.5. The van der Waals surface area contributed by atoms with E-state index in [1.807, 2.05) is 66.0 Å². The first-order chi connectivity index (χ1) is 11.7. The van der Waals surface area contributed by atoms with E-state index in [-0.39, 0.29) is 5.91 Å². The summed E-state index contributed by atoms with van der Waals surface area (Å²) in [4.78, 5) is 14.4. The van der Waals surface area contributed by atoms with Gasteiger partial charge >= 0.3 is 0 Å². The Bertz CT molecular complexity index is 1020. The molecule has 0 fully saturated rings. The molecule has 0 aliphatic carbocycles. The maximum atomic E-state index is 12.7. The summed E-state index contributed by atoms with van der Waals surface area (Å²) < 4.78 is 1.01. The van der Waals surface area contributed by atoms with Crippen molar-refractivity contribution < 1.29 is 4.79 Å². The molecule has 0 atom stereocenters. The molecule has 1 amide bonds. The minimum Gasteiger partial charge on any atom is -0.321 e. The Balaban J connectivity index is 1.71. The largest absolute Gasteiger partial charge is 0.321 e. The van der Waals surface area contributed by atoms with Crippen LogP contribution < -0.4 is 5.32 Å². The van der Waals surface area contributed by atoms with Gasteiger partial charge in [-0.15, -0.1) is 22.7 Å². The first-order valence-corrected chi connectivity index (χ1v) is 9.43. The molecule has 0 radical (unpaired) electrons. The Hall–Kier alpha value is -2.14. The normalized spacial score (nSPS) is 10.9. The molecule has 0 aliphatic rings. The average molecular weight is 370 g/mol. The monoisotopic (exact) mass is 369 g/mol. The third-order valence-electron chi connectivity index (χ3n) is 3.70. The van der Waals surface area contributed by atoms with Gasteiger partial charge < -0.3 is 5.32 Å². The Labute approximate surface area is 152 Å². The minimum atomic E-state index is -0.176. The zero-order chi connectivity index (χ0) is 16.5. The Morgan fingerprint density at radius 2 is 1.75 bits per heavy atom. The summed E-state index contributed by atoms with van der Waals surface area (Å²) in [6.45, 7) is 0. The van der Waals surface area contributed by atoms with E-state index < -0.39 is 0 Å². The predicted octanol–water partition coefficient (Wildman–Crippen LogP) is 6.54. The molecule has 118 valence electrons. The molecule has 0 spiro atoms. The van der Waals surface area contributed by atoms with Crippen LogP contribution >= 0.6 is 34.3 Å². The highest BCUT2D eigenvalue weighted by molar-refractivity contribution is 7.21. The summed E-state index contributed by atoms with van der Waals surface area (Å²) in [6, 6.07) is 19.6. The lowest BCUT2D eigenvalue weighted by Gasteiger charge is -2.09. The van der Waals surface area contributed by atoms with Crippen LogP contribution in [0.4, 0.5) is 5.69 Å². The number of hydrogen-bond acceptors (Lipinski definition) is 3. The van der Waals surface area contributed by atoms with Gasteiger partial charge in [-0.05, 0) is 23.6 Å². The van der Waals surface area contributed by atoms with Gasteiger partial charge in [0.1, 0.15) is 4.88 Å². The molecular weight excluding hydrogens is 358 g/mol. The van der Waals surface area contributed by atoms with Crippen LogP contribution in [-0.4, -0.2) is 5.91 Å². The second-order valence-corrected chi connectivity index (χ2v) is 7.60. The topological polar surface area (TPSA) is 29.1 Å². The lowest BCUT2D eigenvalue weighted by molar-refractivity contribution is 0.103. The number of para-hydroxylation sites is 1. The summed E-state index contributed by atoms with van der Waals surface area (Å²) in [5.74, 6) is -0.176. The van der Waals surface area contributed by atoms with Crippen LogP contribution in [0.25, 0.3) is 20.5 Å². The summed E-state index contributed by atoms with van der Waals surface area (Å²) in [7, 11) is 0. The van der Waals surface area contributed by atoms with E-state index >= 15 is 0 Å². The summed E-state index contributed by atoms with van der Waals surface area (Å²) in [5.41, 5.74) is 1.80. The van der Waals surface area contributed by atoms with Gasteiger partial charge in [-0.1, -0.05) is 54.1 Å². The van der Waals surface area contributed by atoms with E-state index in [4.69, 9.17) is 11.6 Å². The zero-order valence-corrected chi connectivity index (χ0v) is 14.8. The fourth-order valence-electron chi connectivity index (χ4n) is 2.58. The molecule has 2 aromatic heterocycles. The number of carbonyl (C=O) groups excluding carboxylic acids is 1. The molecule has 0 saturated heterocycles. The van der Waals surface area contributed by atoms with Crippen LogP contribution in [0.3, 0.4) is 0 Å². The molecule has 1 N–H and O–H groups in total. The first-order valence-electron chi connectivity index (χ1n) is 7.35.